The molecule has 0 aromatic carbocycles. The van der Waals surface area contributed by atoms with Crippen molar-refractivity contribution in [2.24, 2.45) is 0 Å². The van der Waals surface area contributed by atoms with E-state index in [-0.39, 0.29) is 5.91 Å². The Morgan fingerprint density at radius 1 is 1.43 bits per heavy atom. The van der Waals surface area contributed by atoms with Gasteiger partial charge in [0.1, 0.15) is 5.15 Å². The number of aromatic nitrogens is 4. The fraction of sp³-hybridized carbons (Fsp3) is 0.214. The van der Waals surface area contributed by atoms with Gasteiger partial charge in [-0.15, -0.1) is 0 Å². The van der Waals surface area contributed by atoms with Gasteiger partial charge in [-0.1, -0.05) is 11.6 Å². The van der Waals surface area contributed by atoms with Gasteiger partial charge in [0.05, 0.1) is 10.2 Å². The highest BCUT2D eigenvalue weighted by molar-refractivity contribution is 9.10. The number of carbonyl (C=O) groups is 1. The van der Waals surface area contributed by atoms with Crippen LogP contribution in [-0.4, -0.2) is 44.1 Å². The van der Waals surface area contributed by atoms with Crippen LogP contribution in [0.25, 0.3) is 5.65 Å². The molecule has 9 heteroatoms. The molecule has 7 nitrogen and oxygen atoms in total. The number of fused-ring (bicyclic) bond motifs is 2. The first-order chi connectivity index (χ1) is 11.0. The highest BCUT2D eigenvalue weighted by Crippen LogP contribution is 2.30. The summed E-state index contributed by atoms with van der Waals surface area (Å²) in [6, 6.07) is 3.50. The minimum Gasteiger partial charge on any atom is -0.348 e. The highest BCUT2D eigenvalue weighted by Gasteiger charge is 2.29. The summed E-state index contributed by atoms with van der Waals surface area (Å²) in [5.74, 6) is -0.169. The Labute approximate surface area is 144 Å². The van der Waals surface area contributed by atoms with Crippen LogP contribution in [0.3, 0.4) is 0 Å². The average molecular weight is 396 g/mol. The molecule has 1 aliphatic rings. The van der Waals surface area contributed by atoms with E-state index in [0.717, 1.165) is 22.3 Å². The first kappa shape index (κ1) is 14.5. The van der Waals surface area contributed by atoms with E-state index in [1.807, 2.05) is 13.1 Å². The second-order valence-electron chi connectivity index (χ2n) is 5.29. The number of hydrogen-bond acceptors (Lipinski definition) is 4. The minimum absolute atomic E-state index is 0.169. The topological polar surface area (TPSA) is 69.5 Å². The van der Waals surface area contributed by atoms with E-state index in [1.165, 1.54) is 0 Å². The molecule has 0 saturated heterocycles. The Hall–Kier alpha value is -2.06. The molecule has 0 bridgehead atoms. The van der Waals surface area contributed by atoms with Crippen LogP contribution in [0.15, 0.2) is 29.0 Å². The van der Waals surface area contributed by atoms with Crippen LogP contribution in [0.5, 0.6) is 0 Å². The van der Waals surface area contributed by atoms with Crippen LogP contribution in [-0.2, 0) is 6.42 Å². The fourth-order valence-corrected chi connectivity index (χ4v) is 3.27. The fourth-order valence-electron chi connectivity index (χ4n) is 2.76. The number of nitrogens with one attached hydrogen (secondary N) is 1. The Morgan fingerprint density at radius 2 is 2.26 bits per heavy atom. The van der Waals surface area contributed by atoms with Gasteiger partial charge in [0.2, 0.25) is 0 Å². The summed E-state index contributed by atoms with van der Waals surface area (Å²) in [5.41, 5.74) is 2.91. The number of nitrogens with zero attached hydrogens (tertiary/aromatic N) is 5. The smallest absolute Gasteiger partial charge is 0.292 e. The van der Waals surface area contributed by atoms with Gasteiger partial charge < -0.3 is 4.98 Å². The SMILES string of the molecule is CN1c2cc(Cl)[nH]c2CCN1C(=O)c1cc2ncc(Br)cn2n1. The molecule has 0 atom stereocenters. The molecule has 118 valence electrons. The largest absolute Gasteiger partial charge is 0.348 e. The summed E-state index contributed by atoms with van der Waals surface area (Å²) in [7, 11) is 1.84. The van der Waals surface area contributed by atoms with Crippen molar-refractivity contribution >= 4 is 44.8 Å². The molecule has 0 unspecified atom stereocenters. The molecule has 0 radical (unpaired) electrons. The first-order valence-corrected chi connectivity index (χ1v) is 8.14. The van der Waals surface area contributed by atoms with E-state index in [2.05, 4.69) is 31.0 Å². The Morgan fingerprint density at radius 3 is 3.09 bits per heavy atom. The van der Waals surface area contributed by atoms with E-state index in [9.17, 15) is 4.79 Å². The predicted molar refractivity (Wildman–Crippen MR) is 89.6 cm³/mol. The number of amides is 1. The van der Waals surface area contributed by atoms with Crippen molar-refractivity contribution in [2.45, 2.75) is 6.42 Å². The normalized spacial score (nSPS) is 14.4. The number of hydrazine groups is 1. The quantitative estimate of drug-likeness (QED) is 0.687. The van der Waals surface area contributed by atoms with E-state index in [4.69, 9.17) is 11.6 Å². The summed E-state index contributed by atoms with van der Waals surface area (Å²) in [5, 5.41) is 8.34. The van der Waals surface area contributed by atoms with Gasteiger partial charge in [-0.3, -0.25) is 9.80 Å². The van der Waals surface area contributed by atoms with Crippen molar-refractivity contribution in [1.82, 2.24) is 24.6 Å². The van der Waals surface area contributed by atoms with Crippen LogP contribution >= 0.6 is 27.5 Å². The number of aromatic amines is 1. The summed E-state index contributed by atoms with van der Waals surface area (Å²) in [6.45, 7) is 0.560. The van der Waals surface area contributed by atoms with Crippen LogP contribution in [0.2, 0.25) is 5.15 Å². The number of hydrogen-bond donors (Lipinski definition) is 1. The van der Waals surface area contributed by atoms with Crippen molar-refractivity contribution in [3.63, 3.8) is 0 Å². The van der Waals surface area contributed by atoms with Gasteiger partial charge in [0.25, 0.3) is 5.91 Å². The molecule has 3 aromatic heterocycles. The van der Waals surface area contributed by atoms with E-state index in [1.54, 1.807) is 33.0 Å². The highest BCUT2D eigenvalue weighted by atomic mass is 79.9. The summed E-state index contributed by atoms with van der Waals surface area (Å²) in [6.07, 6.45) is 4.16. The molecule has 4 heterocycles. The zero-order chi connectivity index (χ0) is 16.1. The first-order valence-electron chi connectivity index (χ1n) is 6.97. The van der Waals surface area contributed by atoms with Gasteiger partial charge in [0, 0.05) is 50.2 Å². The predicted octanol–water partition coefficient (Wildman–Crippen LogP) is 2.52. The van der Waals surface area contributed by atoms with E-state index >= 15 is 0 Å². The standard InChI is InChI=1S/C14H12BrClN6O/c1-20-11-5-12(16)18-9(11)2-3-22(20)14(23)10-4-13-17-6-8(15)7-21(13)19-10/h4-7,18H,2-3H2,1H3. The van der Waals surface area contributed by atoms with Crippen LogP contribution < -0.4 is 5.01 Å². The number of anilines is 1. The Kier molecular flexibility index (Phi) is 3.31. The second kappa shape index (κ2) is 5.24. The average Bonchev–Trinajstić information content (AvgIpc) is 3.09. The van der Waals surface area contributed by atoms with Gasteiger partial charge in [-0.05, 0) is 15.9 Å². The maximum absolute atomic E-state index is 12.8. The summed E-state index contributed by atoms with van der Waals surface area (Å²) in [4.78, 5) is 20.1. The third-order valence-corrected chi connectivity index (χ3v) is 4.48. The lowest BCUT2D eigenvalue weighted by molar-refractivity contribution is 0.0732. The number of rotatable bonds is 1. The molecule has 1 amide bonds. The zero-order valence-corrected chi connectivity index (χ0v) is 14.5. The molecule has 3 aromatic rings. The van der Waals surface area contributed by atoms with Gasteiger partial charge in [-0.2, -0.15) is 5.10 Å². The lowest BCUT2D eigenvalue weighted by Gasteiger charge is -2.36. The van der Waals surface area contributed by atoms with Gasteiger partial charge >= 0.3 is 0 Å². The molecule has 1 N–H and O–H groups in total. The van der Waals surface area contributed by atoms with Gasteiger partial charge in [0.15, 0.2) is 11.3 Å². The number of H-pyrrole nitrogens is 1. The molecular weight excluding hydrogens is 384 g/mol. The minimum atomic E-state index is -0.169. The molecule has 0 fully saturated rings. The third-order valence-electron chi connectivity index (χ3n) is 3.86. The summed E-state index contributed by atoms with van der Waals surface area (Å²) < 4.78 is 2.38. The van der Waals surface area contributed by atoms with E-state index < -0.39 is 0 Å². The van der Waals surface area contributed by atoms with E-state index in [0.29, 0.717) is 23.0 Å². The Bertz CT molecular complexity index is 919. The third kappa shape index (κ3) is 2.38. The molecule has 0 spiro atoms. The molecule has 0 aliphatic carbocycles. The van der Waals surface area contributed by atoms with Gasteiger partial charge in [-0.25, -0.2) is 14.5 Å². The molecule has 4 rings (SSSR count). The van der Waals surface area contributed by atoms with Crippen LogP contribution in [0.1, 0.15) is 16.2 Å². The maximum Gasteiger partial charge on any atom is 0.292 e. The van der Waals surface area contributed by atoms with Crippen molar-refractivity contribution in [1.29, 1.82) is 0 Å². The lowest BCUT2D eigenvalue weighted by atomic mass is 10.2. The van der Waals surface area contributed by atoms with Crippen LogP contribution in [0, 0.1) is 0 Å². The summed E-state index contributed by atoms with van der Waals surface area (Å²) >= 11 is 9.36. The molecular formula is C14H12BrClN6O. The number of halogens is 2. The lowest BCUT2D eigenvalue weighted by Crippen LogP contribution is -2.48. The molecule has 23 heavy (non-hydrogen) atoms. The van der Waals surface area contributed by atoms with Crippen molar-refractivity contribution in [3.05, 3.63) is 45.5 Å². The van der Waals surface area contributed by atoms with Crippen molar-refractivity contribution < 1.29 is 4.79 Å². The Balaban J connectivity index is 1.68. The second-order valence-corrected chi connectivity index (χ2v) is 6.61. The molecule has 0 saturated carbocycles. The van der Waals surface area contributed by atoms with Crippen molar-refractivity contribution in [3.8, 4) is 0 Å². The van der Waals surface area contributed by atoms with Crippen molar-refractivity contribution in [2.75, 3.05) is 18.6 Å². The molecule has 1 aliphatic heterocycles. The van der Waals surface area contributed by atoms with Crippen LogP contribution in [0.4, 0.5) is 5.69 Å². The zero-order valence-electron chi connectivity index (χ0n) is 12.1. The maximum atomic E-state index is 12.8. The monoisotopic (exact) mass is 394 g/mol. The number of carbonyl (C=O) groups excluding carboxylic acids is 1.